The molecule has 1 atom stereocenters. The number of hydrogen-bond donors (Lipinski definition) is 4. The number of aryl methyl sites for hydroxylation is 2. The highest BCUT2D eigenvalue weighted by atomic mass is 16.4. The van der Waals surface area contributed by atoms with Gasteiger partial charge >= 0.3 is 5.97 Å². The van der Waals surface area contributed by atoms with Crippen molar-refractivity contribution < 1.29 is 14.7 Å². The van der Waals surface area contributed by atoms with Crippen LogP contribution >= 0.6 is 0 Å². The van der Waals surface area contributed by atoms with Gasteiger partial charge in [-0.3, -0.25) is 4.79 Å². The third-order valence-corrected chi connectivity index (χ3v) is 8.27. The zero-order valence-electron chi connectivity index (χ0n) is 19.8. The van der Waals surface area contributed by atoms with Crippen LogP contribution in [0.4, 0.5) is 5.82 Å². The first-order valence-corrected chi connectivity index (χ1v) is 12.9. The first kappa shape index (κ1) is 24.0. The van der Waals surface area contributed by atoms with E-state index in [1.807, 2.05) is 0 Å². The second-order valence-electron chi connectivity index (χ2n) is 10.7. The minimum Gasteiger partial charge on any atom is -0.480 e. The Labute approximate surface area is 197 Å². The van der Waals surface area contributed by atoms with Crippen LogP contribution in [0.15, 0.2) is 12.1 Å². The maximum Gasteiger partial charge on any atom is 0.326 e. The Hall–Kier alpha value is -2.15. The minimum absolute atomic E-state index is 0.0660. The van der Waals surface area contributed by atoms with Gasteiger partial charge in [-0.2, -0.15) is 0 Å². The number of anilines is 1. The number of amides is 1. The number of unbranched alkanes of at least 4 members (excludes halogenated alkanes) is 4. The van der Waals surface area contributed by atoms with Crippen molar-refractivity contribution in [3.63, 3.8) is 0 Å². The summed E-state index contributed by atoms with van der Waals surface area (Å²) in [6, 6.07) is 3.57. The molecule has 5 rings (SSSR count). The van der Waals surface area contributed by atoms with Crippen LogP contribution in [-0.2, 0) is 22.4 Å². The second kappa shape index (κ2) is 10.4. The Morgan fingerprint density at radius 2 is 1.76 bits per heavy atom. The van der Waals surface area contributed by atoms with Crippen LogP contribution in [0.5, 0.6) is 0 Å². The Bertz CT molecular complexity index is 831. The van der Waals surface area contributed by atoms with Crippen molar-refractivity contribution in [2.75, 3.05) is 11.9 Å². The van der Waals surface area contributed by atoms with E-state index in [4.69, 9.17) is 10.7 Å². The monoisotopic (exact) mass is 456 g/mol. The molecular formula is C26H40N4O3. The minimum atomic E-state index is -0.924. The van der Waals surface area contributed by atoms with E-state index in [0.29, 0.717) is 6.42 Å². The van der Waals surface area contributed by atoms with Crippen molar-refractivity contribution in [3.05, 3.63) is 23.4 Å². The zero-order chi connectivity index (χ0) is 23.3. The molecule has 0 radical (unpaired) electrons. The lowest BCUT2D eigenvalue weighted by atomic mass is 9.57. The molecule has 4 aliphatic rings. The van der Waals surface area contributed by atoms with Crippen molar-refractivity contribution in [2.45, 2.75) is 108 Å². The number of nitrogens with one attached hydrogen (secondary N) is 2. The van der Waals surface area contributed by atoms with E-state index in [1.54, 1.807) is 0 Å². The van der Waals surface area contributed by atoms with E-state index in [0.717, 1.165) is 102 Å². The summed E-state index contributed by atoms with van der Waals surface area (Å²) in [7, 11) is 0. The van der Waals surface area contributed by atoms with Gasteiger partial charge in [0.2, 0.25) is 5.91 Å². The molecule has 182 valence electrons. The summed E-state index contributed by atoms with van der Waals surface area (Å²) < 4.78 is 0. The zero-order valence-corrected chi connectivity index (χ0v) is 19.8. The molecule has 1 aromatic rings. The molecule has 0 spiro atoms. The molecule has 7 heteroatoms. The van der Waals surface area contributed by atoms with Crippen LogP contribution < -0.4 is 16.4 Å². The number of nitrogens with two attached hydrogens (primary N) is 1. The highest BCUT2D eigenvalue weighted by Crippen LogP contribution is 2.51. The molecule has 3 fully saturated rings. The number of hydrogen-bond acceptors (Lipinski definition) is 5. The molecule has 1 amide bonds. The van der Waals surface area contributed by atoms with Crippen LogP contribution in [-0.4, -0.2) is 40.1 Å². The van der Waals surface area contributed by atoms with E-state index in [2.05, 4.69) is 22.8 Å². The lowest BCUT2D eigenvalue weighted by molar-refractivity contribution is -0.146. The Balaban J connectivity index is 1.13. The third kappa shape index (κ3) is 5.86. The summed E-state index contributed by atoms with van der Waals surface area (Å²) in [5, 5.41) is 15.9. The van der Waals surface area contributed by atoms with Gasteiger partial charge in [-0.1, -0.05) is 31.7 Å². The molecule has 0 aromatic carbocycles. The second-order valence-corrected chi connectivity index (χ2v) is 10.7. The summed E-state index contributed by atoms with van der Waals surface area (Å²) >= 11 is 0. The SMILES string of the molecule is NC12CCC(C(=O)NC(CCCCCCCc3ccc4c(n3)NCCC4)C(=O)O)(CC1)CC2. The number of fused-ring (bicyclic) bond motifs is 4. The molecule has 2 heterocycles. The predicted molar refractivity (Wildman–Crippen MR) is 129 cm³/mol. The van der Waals surface area contributed by atoms with Gasteiger partial charge in [0.25, 0.3) is 0 Å². The van der Waals surface area contributed by atoms with Crippen LogP contribution in [0.2, 0.25) is 0 Å². The third-order valence-electron chi connectivity index (χ3n) is 8.27. The van der Waals surface area contributed by atoms with Gasteiger partial charge in [0.15, 0.2) is 0 Å². The van der Waals surface area contributed by atoms with Crippen LogP contribution in [0.3, 0.4) is 0 Å². The Morgan fingerprint density at radius 1 is 1.06 bits per heavy atom. The molecule has 1 aromatic heterocycles. The fourth-order valence-corrected chi connectivity index (χ4v) is 5.82. The molecule has 2 bridgehead atoms. The number of pyridine rings is 1. The number of aromatic nitrogens is 1. The summed E-state index contributed by atoms with van der Waals surface area (Å²) in [4.78, 5) is 29.5. The molecule has 0 saturated heterocycles. The fourth-order valence-electron chi connectivity index (χ4n) is 5.82. The van der Waals surface area contributed by atoms with Crippen LogP contribution in [0, 0.1) is 5.41 Å². The molecule has 5 N–H and O–H groups in total. The van der Waals surface area contributed by atoms with E-state index in [1.165, 1.54) is 12.0 Å². The van der Waals surface area contributed by atoms with Gasteiger partial charge in [-0.05, 0) is 82.3 Å². The smallest absolute Gasteiger partial charge is 0.326 e. The summed E-state index contributed by atoms with van der Waals surface area (Å²) in [6.07, 6.45) is 13.8. The van der Waals surface area contributed by atoms with Gasteiger partial charge in [0.05, 0.1) is 0 Å². The van der Waals surface area contributed by atoms with Crippen molar-refractivity contribution in [1.29, 1.82) is 0 Å². The van der Waals surface area contributed by atoms with Crippen molar-refractivity contribution in [2.24, 2.45) is 11.1 Å². The van der Waals surface area contributed by atoms with Crippen LogP contribution in [0.1, 0.15) is 94.7 Å². The van der Waals surface area contributed by atoms with E-state index >= 15 is 0 Å². The highest BCUT2D eigenvalue weighted by molar-refractivity contribution is 5.87. The molecule has 7 nitrogen and oxygen atoms in total. The number of carboxylic acids is 1. The van der Waals surface area contributed by atoms with E-state index in [9.17, 15) is 14.7 Å². The molecule has 3 saturated carbocycles. The maximum atomic E-state index is 13.0. The van der Waals surface area contributed by atoms with Crippen LogP contribution in [0.25, 0.3) is 0 Å². The predicted octanol–water partition coefficient (Wildman–Crippen LogP) is 3.94. The lowest BCUT2D eigenvalue weighted by Gasteiger charge is -2.50. The van der Waals surface area contributed by atoms with Gasteiger partial charge in [0, 0.05) is 23.2 Å². The van der Waals surface area contributed by atoms with E-state index < -0.39 is 17.4 Å². The van der Waals surface area contributed by atoms with E-state index in [-0.39, 0.29) is 11.4 Å². The Morgan fingerprint density at radius 3 is 2.48 bits per heavy atom. The van der Waals surface area contributed by atoms with Crippen molar-refractivity contribution in [1.82, 2.24) is 10.3 Å². The number of rotatable bonds is 11. The Kier molecular flexibility index (Phi) is 7.57. The number of carbonyl (C=O) groups is 2. The summed E-state index contributed by atoms with van der Waals surface area (Å²) in [5.41, 5.74) is 8.33. The van der Waals surface area contributed by atoms with Gasteiger partial charge in [-0.25, -0.2) is 9.78 Å². The molecule has 1 aliphatic heterocycles. The fraction of sp³-hybridized carbons (Fsp3) is 0.731. The first-order chi connectivity index (χ1) is 15.9. The van der Waals surface area contributed by atoms with Gasteiger partial charge in [-0.15, -0.1) is 0 Å². The molecule has 3 aliphatic carbocycles. The summed E-state index contributed by atoms with van der Waals surface area (Å²) in [5.74, 6) is 0.0687. The normalized spacial score (nSPS) is 26.8. The van der Waals surface area contributed by atoms with Gasteiger partial charge in [0.1, 0.15) is 11.9 Å². The first-order valence-electron chi connectivity index (χ1n) is 12.9. The number of carbonyl (C=O) groups excluding carboxylic acids is 1. The largest absolute Gasteiger partial charge is 0.480 e. The topological polar surface area (TPSA) is 117 Å². The standard InChI is InChI=1S/C26H40N4O3/c27-26-15-12-25(13-16-26,14-17-26)24(33)30-21(23(31)32)9-5-3-1-2-4-8-20-11-10-19-7-6-18-28-22(19)29-20/h10-11,21H,1-9,12-18,27H2,(H,28,29)(H,30,33)(H,31,32). The highest BCUT2D eigenvalue weighted by Gasteiger charge is 2.51. The molecule has 33 heavy (non-hydrogen) atoms. The van der Waals surface area contributed by atoms with Crippen molar-refractivity contribution >= 4 is 17.7 Å². The number of carboxylic acid groups (broad SMARTS) is 1. The maximum absolute atomic E-state index is 13.0. The quantitative estimate of drug-likeness (QED) is 0.375. The average Bonchev–Trinajstić information content (AvgIpc) is 2.83. The number of nitrogens with zero attached hydrogens (tertiary/aromatic N) is 1. The molecular weight excluding hydrogens is 416 g/mol. The van der Waals surface area contributed by atoms with Gasteiger partial charge < -0.3 is 21.5 Å². The average molecular weight is 457 g/mol. The summed E-state index contributed by atoms with van der Waals surface area (Å²) in [6.45, 7) is 1.01. The number of aliphatic carboxylic acids is 1. The van der Waals surface area contributed by atoms with Crippen molar-refractivity contribution in [3.8, 4) is 0 Å². The molecule has 1 unspecified atom stereocenters. The lowest BCUT2D eigenvalue weighted by Crippen LogP contribution is -2.58.